The van der Waals surface area contributed by atoms with Crippen molar-refractivity contribution in [1.29, 1.82) is 0 Å². The molecular formula is C11H22N2O3. The van der Waals surface area contributed by atoms with E-state index in [0.717, 1.165) is 6.54 Å². The van der Waals surface area contributed by atoms with Crippen LogP contribution in [0.3, 0.4) is 0 Å². The van der Waals surface area contributed by atoms with E-state index in [1.54, 1.807) is 0 Å². The Hall–Kier alpha value is -0.650. The fourth-order valence-electron chi connectivity index (χ4n) is 2.16. The van der Waals surface area contributed by atoms with Gasteiger partial charge in [0.2, 0.25) is 5.91 Å². The van der Waals surface area contributed by atoms with Gasteiger partial charge < -0.3 is 15.6 Å². The van der Waals surface area contributed by atoms with Gasteiger partial charge in [0, 0.05) is 19.1 Å². The molecule has 1 fully saturated rings. The summed E-state index contributed by atoms with van der Waals surface area (Å²) in [5, 5.41) is 9.36. The Kier molecular flexibility index (Phi) is 4.70. The highest BCUT2D eigenvalue weighted by Gasteiger charge is 2.33. The van der Waals surface area contributed by atoms with Gasteiger partial charge in [0.1, 0.15) is 6.10 Å². The van der Waals surface area contributed by atoms with E-state index >= 15 is 0 Å². The van der Waals surface area contributed by atoms with Crippen molar-refractivity contribution in [2.45, 2.75) is 39.0 Å². The molecule has 16 heavy (non-hydrogen) atoms. The number of nitrogens with two attached hydrogens (primary N) is 1. The first-order chi connectivity index (χ1) is 7.45. The summed E-state index contributed by atoms with van der Waals surface area (Å²) in [5.41, 5.74) is 5.26. The number of aliphatic hydroxyl groups is 1. The summed E-state index contributed by atoms with van der Waals surface area (Å²) in [7, 11) is 0. The zero-order valence-corrected chi connectivity index (χ0v) is 10.2. The van der Waals surface area contributed by atoms with E-state index in [1.165, 1.54) is 0 Å². The summed E-state index contributed by atoms with van der Waals surface area (Å²) >= 11 is 0. The smallest absolute Gasteiger partial charge is 0.247 e. The number of nitrogens with zero attached hydrogens (tertiary/aromatic N) is 1. The van der Waals surface area contributed by atoms with E-state index in [2.05, 4.69) is 18.7 Å². The lowest BCUT2D eigenvalue weighted by Crippen LogP contribution is -2.56. The van der Waals surface area contributed by atoms with Gasteiger partial charge in [0.15, 0.2) is 0 Å². The van der Waals surface area contributed by atoms with E-state index < -0.39 is 12.0 Å². The fraction of sp³-hybridized carbons (Fsp3) is 0.909. The maximum absolute atomic E-state index is 11.1. The Morgan fingerprint density at radius 1 is 1.56 bits per heavy atom. The van der Waals surface area contributed by atoms with Crippen LogP contribution in [0.5, 0.6) is 0 Å². The summed E-state index contributed by atoms with van der Waals surface area (Å²) in [5.74, 6) is -0.0965. The minimum Gasteiger partial charge on any atom is -0.395 e. The second kappa shape index (κ2) is 5.61. The lowest BCUT2D eigenvalue weighted by molar-refractivity contribution is -0.146. The Morgan fingerprint density at radius 3 is 2.62 bits per heavy atom. The van der Waals surface area contributed by atoms with Crippen LogP contribution < -0.4 is 5.73 Å². The van der Waals surface area contributed by atoms with Crippen molar-refractivity contribution in [3.8, 4) is 0 Å². The summed E-state index contributed by atoms with van der Waals surface area (Å²) < 4.78 is 5.45. The Labute approximate surface area is 96.6 Å². The average molecular weight is 230 g/mol. The molecule has 3 atom stereocenters. The van der Waals surface area contributed by atoms with E-state index in [-0.39, 0.29) is 18.8 Å². The summed E-state index contributed by atoms with van der Waals surface area (Å²) in [6, 6.07) is 0.0631. The normalized spacial score (nSPS) is 29.3. The van der Waals surface area contributed by atoms with Gasteiger partial charge in [-0.3, -0.25) is 9.69 Å². The molecule has 2 unspecified atom stereocenters. The second-order valence-corrected chi connectivity index (χ2v) is 4.79. The quantitative estimate of drug-likeness (QED) is 0.687. The van der Waals surface area contributed by atoms with Crippen LogP contribution in [-0.4, -0.2) is 53.9 Å². The van der Waals surface area contributed by atoms with Crippen LogP contribution in [0.15, 0.2) is 0 Å². The fourth-order valence-corrected chi connectivity index (χ4v) is 2.16. The van der Waals surface area contributed by atoms with Gasteiger partial charge in [-0.15, -0.1) is 0 Å². The van der Waals surface area contributed by atoms with Gasteiger partial charge in [-0.05, 0) is 12.8 Å². The van der Waals surface area contributed by atoms with Crippen molar-refractivity contribution < 1.29 is 14.6 Å². The van der Waals surface area contributed by atoms with Gasteiger partial charge in [-0.1, -0.05) is 13.8 Å². The van der Waals surface area contributed by atoms with Crippen LogP contribution in [0.25, 0.3) is 0 Å². The van der Waals surface area contributed by atoms with Gasteiger partial charge in [0.05, 0.1) is 12.7 Å². The number of aliphatic hydroxyl groups excluding tert-OH is 1. The van der Waals surface area contributed by atoms with Crippen molar-refractivity contribution in [3.05, 3.63) is 0 Å². The molecular weight excluding hydrogens is 208 g/mol. The van der Waals surface area contributed by atoms with Crippen molar-refractivity contribution in [3.63, 3.8) is 0 Å². The van der Waals surface area contributed by atoms with Crippen LogP contribution in [0.4, 0.5) is 0 Å². The predicted octanol–water partition coefficient (Wildman–Crippen LogP) is -0.422. The first-order valence-corrected chi connectivity index (χ1v) is 5.75. The molecule has 1 saturated heterocycles. The van der Waals surface area contributed by atoms with Crippen molar-refractivity contribution in [2.24, 2.45) is 11.7 Å². The molecule has 5 nitrogen and oxygen atoms in total. The average Bonchev–Trinajstić information content (AvgIpc) is 2.17. The summed E-state index contributed by atoms with van der Waals surface area (Å²) in [4.78, 5) is 13.2. The van der Waals surface area contributed by atoms with Crippen LogP contribution in [0, 0.1) is 5.92 Å². The number of carbonyl (C=O) groups is 1. The molecule has 0 aromatic carbocycles. The van der Waals surface area contributed by atoms with Gasteiger partial charge in [-0.25, -0.2) is 0 Å². The molecule has 1 aliphatic rings. The third-order valence-corrected chi connectivity index (χ3v) is 3.03. The molecule has 0 aliphatic carbocycles. The molecule has 0 saturated carbocycles. The SMILES string of the molecule is CC1CN([C@@H](CO)C(C)C)CC(C(N)=O)O1. The number of morpholine rings is 1. The highest BCUT2D eigenvalue weighted by atomic mass is 16.5. The van der Waals surface area contributed by atoms with Crippen molar-refractivity contribution in [2.75, 3.05) is 19.7 Å². The monoisotopic (exact) mass is 230 g/mol. The Morgan fingerprint density at radius 2 is 2.19 bits per heavy atom. The lowest BCUT2D eigenvalue weighted by Gasteiger charge is -2.41. The molecule has 1 heterocycles. The van der Waals surface area contributed by atoms with Gasteiger partial charge in [-0.2, -0.15) is 0 Å². The molecule has 0 bridgehead atoms. The number of ether oxygens (including phenoxy) is 1. The van der Waals surface area contributed by atoms with Crippen molar-refractivity contribution >= 4 is 5.91 Å². The first-order valence-electron chi connectivity index (χ1n) is 5.75. The Bertz CT molecular complexity index is 245. The Balaban J connectivity index is 2.69. The van der Waals surface area contributed by atoms with Gasteiger partial charge >= 0.3 is 0 Å². The molecule has 1 aliphatic heterocycles. The third kappa shape index (κ3) is 3.17. The van der Waals surface area contributed by atoms with Crippen LogP contribution in [0.1, 0.15) is 20.8 Å². The maximum Gasteiger partial charge on any atom is 0.247 e. The molecule has 0 radical (unpaired) electrons. The molecule has 94 valence electrons. The van der Waals surface area contributed by atoms with E-state index in [4.69, 9.17) is 10.5 Å². The molecule has 1 rings (SSSR count). The third-order valence-electron chi connectivity index (χ3n) is 3.03. The second-order valence-electron chi connectivity index (χ2n) is 4.79. The predicted molar refractivity (Wildman–Crippen MR) is 60.8 cm³/mol. The number of hydrogen-bond donors (Lipinski definition) is 2. The minimum absolute atomic E-state index is 0.0287. The van der Waals surface area contributed by atoms with Crippen LogP contribution in [0.2, 0.25) is 0 Å². The molecule has 5 heteroatoms. The van der Waals surface area contributed by atoms with E-state index in [0.29, 0.717) is 12.5 Å². The summed E-state index contributed by atoms with van der Waals surface area (Å²) in [6.07, 6.45) is -0.587. The zero-order chi connectivity index (χ0) is 12.3. The molecule has 0 aromatic rings. The van der Waals surface area contributed by atoms with Gasteiger partial charge in [0.25, 0.3) is 0 Å². The number of amides is 1. The van der Waals surface area contributed by atoms with Crippen molar-refractivity contribution in [1.82, 2.24) is 4.90 Å². The van der Waals surface area contributed by atoms with Crippen LogP contribution >= 0.6 is 0 Å². The number of rotatable bonds is 4. The van der Waals surface area contributed by atoms with E-state index in [9.17, 15) is 9.90 Å². The lowest BCUT2D eigenvalue weighted by atomic mass is 10.0. The topological polar surface area (TPSA) is 75.8 Å². The molecule has 3 N–H and O–H groups in total. The zero-order valence-electron chi connectivity index (χ0n) is 10.2. The molecule has 1 amide bonds. The highest BCUT2D eigenvalue weighted by molar-refractivity contribution is 5.79. The number of carbonyl (C=O) groups excluding carboxylic acids is 1. The molecule has 0 spiro atoms. The molecule has 0 aromatic heterocycles. The minimum atomic E-state index is -0.559. The first kappa shape index (κ1) is 13.4. The number of hydrogen-bond acceptors (Lipinski definition) is 4. The maximum atomic E-state index is 11.1. The largest absolute Gasteiger partial charge is 0.395 e. The van der Waals surface area contributed by atoms with E-state index in [1.807, 2.05) is 6.92 Å². The highest BCUT2D eigenvalue weighted by Crippen LogP contribution is 2.18. The standard InChI is InChI=1S/C11H22N2O3/c1-7(2)9(6-14)13-4-8(3)16-10(5-13)11(12)15/h7-10,14H,4-6H2,1-3H3,(H2,12,15)/t8?,9-,10?/m0/s1. The number of primary amides is 1. The van der Waals surface area contributed by atoms with Crippen LogP contribution in [-0.2, 0) is 9.53 Å². The summed E-state index contributed by atoms with van der Waals surface area (Å²) in [6.45, 7) is 7.32.